The van der Waals surface area contributed by atoms with E-state index in [9.17, 15) is 8.42 Å². The molecule has 4 heteroatoms. The van der Waals surface area contributed by atoms with Crippen LogP contribution in [0.2, 0.25) is 0 Å². The van der Waals surface area contributed by atoms with Crippen LogP contribution in [-0.2, 0) is 15.8 Å². The average Bonchev–Trinajstić information content (AvgIpc) is 2.99. The standard InChI is InChI=1S/C15H21NO2S/c17-19(18,11-12-4-2-1-3-5-12)16-10-15-9-13-6-7-14(15)8-13/h1-5,13-16H,6-11H2/t13-,14+,15+/m1/s1. The number of hydrogen-bond donors (Lipinski definition) is 1. The van der Waals surface area contributed by atoms with Crippen molar-refractivity contribution in [3.63, 3.8) is 0 Å². The third kappa shape index (κ3) is 3.18. The highest BCUT2D eigenvalue weighted by molar-refractivity contribution is 7.88. The van der Waals surface area contributed by atoms with Crippen LogP contribution in [0.5, 0.6) is 0 Å². The van der Waals surface area contributed by atoms with Gasteiger partial charge >= 0.3 is 0 Å². The molecule has 0 spiro atoms. The molecule has 19 heavy (non-hydrogen) atoms. The molecule has 1 aromatic rings. The molecule has 3 nitrogen and oxygen atoms in total. The first-order chi connectivity index (χ1) is 9.12. The summed E-state index contributed by atoms with van der Waals surface area (Å²) in [5, 5.41) is 0. The predicted octanol–water partition coefficient (Wildman–Crippen LogP) is 2.54. The van der Waals surface area contributed by atoms with Crippen LogP contribution in [0.4, 0.5) is 0 Å². The maximum absolute atomic E-state index is 12.1. The molecular weight excluding hydrogens is 258 g/mol. The second kappa shape index (κ2) is 5.25. The average molecular weight is 279 g/mol. The minimum absolute atomic E-state index is 0.0919. The van der Waals surface area contributed by atoms with Crippen LogP contribution in [0, 0.1) is 17.8 Å². The lowest BCUT2D eigenvalue weighted by atomic mass is 9.89. The van der Waals surface area contributed by atoms with Gasteiger partial charge in [-0.2, -0.15) is 0 Å². The summed E-state index contributed by atoms with van der Waals surface area (Å²) in [6.07, 6.45) is 5.21. The van der Waals surface area contributed by atoms with E-state index in [1.54, 1.807) is 0 Å². The molecule has 3 atom stereocenters. The van der Waals surface area contributed by atoms with Crippen LogP contribution in [0.15, 0.2) is 30.3 Å². The Morgan fingerprint density at radius 3 is 2.53 bits per heavy atom. The topological polar surface area (TPSA) is 46.2 Å². The summed E-state index contributed by atoms with van der Waals surface area (Å²) in [6.45, 7) is 0.635. The van der Waals surface area contributed by atoms with Gasteiger partial charge in [-0.15, -0.1) is 0 Å². The summed E-state index contributed by atoms with van der Waals surface area (Å²) in [5.74, 6) is 2.30. The van der Waals surface area contributed by atoms with E-state index in [2.05, 4.69) is 4.72 Å². The number of rotatable bonds is 5. The highest BCUT2D eigenvalue weighted by Gasteiger charge is 2.39. The Bertz CT molecular complexity index is 526. The SMILES string of the molecule is O=S(=O)(Cc1ccccc1)NC[C@@H]1C[C@@H]2CC[C@H]1C2. The van der Waals surface area contributed by atoms with E-state index in [4.69, 9.17) is 0 Å². The second-order valence-electron chi connectivity index (χ2n) is 6.03. The van der Waals surface area contributed by atoms with Crippen molar-refractivity contribution in [2.45, 2.75) is 31.4 Å². The summed E-state index contributed by atoms with van der Waals surface area (Å²) in [4.78, 5) is 0. The van der Waals surface area contributed by atoms with E-state index in [1.807, 2.05) is 30.3 Å². The van der Waals surface area contributed by atoms with Gasteiger partial charge in [0.25, 0.3) is 0 Å². The number of benzene rings is 1. The number of nitrogens with one attached hydrogen (secondary N) is 1. The Morgan fingerprint density at radius 2 is 1.89 bits per heavy atom. The molecular formula is C15H21NO2S. The molecule has 0 radical (unpaired) electrons. The van der Waals surface area contributed by atoms with E-state index < -0.39 is 10.0 Å². The third-order valence-corrected chi connectivity index (χ3v) is 5.97. The fourth-order valence-electron chi connectivity index (χ4n) is 3.71. The molecule has 104 valence electrons. The zero-order valence-corrected chi connectivity index (χ0v) is 11.9. The van der Waals surface area contributed by atoms with Gasteiger partial charge in [-0.25, -0.2) is 13.1 Å². The maximum Gasteiger partial charge on any atom is 0.215 e. The minimum Gasteiger partial charge on any atom is -0.215 e. The molecule has 3 rings (SSSR count). The molecule has 0 aromatic heterocycles. The van der Waals surface area contributed by atoms with Crippen LogP contribution in [-0.4, -0.2) is 15.0 Å². The molecule has 2 bridgehead atoms. The molecule has 2 aliphatic carbocycles. The Kier molecular flexibility index (Phi) is 3.63. The fourth-order valence-corrected chi connectivity index (χ4v) is 4.91. The first-order valence-electron chi connectivity index (χ1n) is 7.13. The van der Waals surface area contributed by atoms with Crippen LogP contribution >= 0.6 is 0 Å². The van der Waals surface area contributed by atoms with Gasteiger partial charge in [-0.05, 0) is 42.6 Å². The highest BCUT2D eigenvalue weighted by Crippen LogP contribution is 2.47. The van der Waals surface area contributed by atoms with Crippen molar-refractivity contribution in [1.29, 1.82) is 0 Å². The first-order valence-corrected chi connectivity index (χ1v) is 8.79. The van der Waals surface area contributed by atoms with Gasteiger partial charge in [0.1, 0.15) is 0 Å². The number of sulfonamides is 1. The van der Waals surface area contributed by atoms with Gasteiger partial charge in [0, 0.05) is 6.54 Å². The van der Waals surface area contributed by atoms with E-state index >= 15 is 0 Å². The lowest BCUT2D eigenvalue weighted by molar-refractivity contribution is 0.332. The van der Waals surface area contributed by atoms with Crippen molar-refractivity contribution in [2.24, 2.45) is 17.8 Å². The van der Waals surface area contributed by atoms with Crippen molar-refractivity contribution >= 4 is 10.0 Å². The summed E-state index contributed by atoms with van der Waals surface area (Å²) in [7, 11) is -3.19. The number of hydrogen-bond acceptors (Lipinski definition) is 2. The highest BCUT2D eigenvalue weighted by atomic mass is 32.2. The van der Waals surface area contributed by atoms with Crippen molar-refractivity contribution in [3.8, 4) is 0 Å². The summed E-state index contributed by atoms with van der Waals surface area (Å²) in [6, 6.07) is 9.37. The summed E-state index contributed by atoms with van der Waals surface area (Å²) >= 11 is 0. The molecule has 0 amide bonds. The number of fused-ring (bicyclic) bond motifs is 2. The van der Waals surface area contributed by atoms with Gasteiger partial charge in [-0.1, -0.05) is 36.8 Å². The second-order valence-corrected chi connectivity index (χ2v) is 7.83. The van der Waals surface area contributed by atoms with Gasteiger partial charge < -0.3 is 0 Å². The molecule has 1 N–H and O–H groups in total. The van der Waals surface area contributed by atoms with E-state index in [-0.39, 0.29) is 5.75 Å². The molecule has 2 aliphatic rings. The van der Waals surface area contributed by atoms with E-state index in [0.29, 0.717) is 12.5 Å². The van der Waals surface area contributed by atoms with Crippen molar-refractivity contribution in [2.75, 3.05) is 6.54 Å². The summed E-state index contributed by atoms with van der Waals surface area (Å²) < 4.78 is 26.9. The molecule has 0 unspecified atom stereocenters. The monoisotopic (exact) mass is 279 g/mol. The maximum atomic E-state index is 12.1. The molecule has 1 aromatic carbocycles. The van der Waals surface area contributed by atoms with Crippen LogP contribution in [0.1, 0.15) is 31.2 Å². The molecule has 2 saturated carbocycles. The Hall–Kier alpha value is -0.870. The van der Waals surface area contributed by atoms with Gasteiger partial charge in [0.2, 0.25) is 10.0 Å². The lowest BCUT2D eigenvalue weighted by Gasteiger charge is -2.21. The third-order valence-electron chi connectivity index (χ3n) is 4.65. The van der Waals surface area contributed by atoms with Crippen LogP contribution < -0.4 is 4.72 Å². The lowest BCUT2D eigenvalue weighted by Crippen LogP contribution is -2.32. The largest absolute Gasteiger partial charge is 0.215 e. The van der Waals surface area contributed by atoms with Crippen molar-refractivity contribution in [3.05, 3.63) is 35.9 Å². The zero-order chi connectivity index (χ0) is 13.3. The Balaban J connectivity index is 1.54. The Morgan fingerprint density at radius 1 is 1.11 bits per heavy atom. The van der Waals surface area contributed by atoms with Crippen LogP contribution in [0.25, 0.3) is 0 Å². The zero-order valence-electron chi connectivity index (χ0n) is 11.1. The van der Waals surface area contributed by atoms with Gasteiger partial charge in [0.15, 0.2) is 0 Å². The van der Waals surface area contributed by atoms with E-state index in [0.717, 1.165) is 17.4 Å². The molecule has 0 aliphatic heterocycles. The van der Waals surface area contributed by atoms with Crippen molar-refractivity contribution in [1.82, 2.24) is 4.72 Å². The predicted molar refractivity (Wildman–Crippen MR) is 76.0 cm³/mol. The van der Waals surface area contributed by atoms with Crippen molar-refractivity contribution < 1.29 is 8.42 Å². The quantitative estimate of drug-likeness (QED) is 0.900. The Labute approximate surface area is 115 Å². The molecule has 2 fully saturated rings. The smallest absolute Gasteiger partial charge is 0.215 e. The molecule has 0 heterocycles. The van der Waals surface area contributed by atoms with Crippen LogP contribution in [0.3, 0.4) is 0 Å². The molecule has 0 saturated heterocycles. The van der Waals surface area contributed by atoms with E-state index in [1.165, 1.54) is 25.7 Å². The fraction of sp³-hybridized carbons (Fsp3) is 0.600. The first kappa shape index (κ1) is 13.1. The minimum atomic E-state index is -3.19. The van der Waals surface area contributed by atoms with Gasteiger partial charge in [-0.3, -0.25) is 0 Å². The normalized spacial score (nSPS) is 29.8. The van der Waals surface area contributed by atoms with Gasteiger partial charge in [0.05, 0.1) is 5.75 Å². The summed E-state index contributed by atoms with van der Waals surface area (Å²) in [5.41, 5.74) is 0.850.